The minimum absolute atomic E-state index is 0.904. The highest BCUT2D eigenvalue weighted by Gasteiger charge is 2.04. The van der Waals surface area contributed by atoms with Crippen LogP contribution >= 0.6 is 11.3 Å². The molecule has 15 heavy (non-hydrogen) atoms. The third-order valence-electron chi connectivity index (χ3n) is 2.27. The number of nitrogens with zero attached hydrogens (tertiary/aromatic N) is 3. The lowest BCUT2D eigenvalue weighted by atomic mass is 10.3. The van der Waals surface area contributed by atoms with Crippen LogP contribution in [0.1, 0.15) is 29.1 Å². The molecular weight excluding hydrogens is 206 g/mol. The molecule has 0 radical (unpaired) electrons. The number of hydrogen-bond acceptors (Lipinski definition) is 3. The van der Waals surface area contributed by atoms with Crippen LogP contribution in [-0.2, 0) is 13.0 Å². The van der Waals surface area contributed by atoms with Gasteiger partial charge in [-0.05, 0) is 13.3 Å². The van der Waals surface area contributed by atoms with Crippen molar-refractivity contribution in [2.24, 2.45) is 0 Å². The molecule has 0 aliphatic rings. The molecule has 2 aromatic rings. The normalized spacial score (nSPS) is 10.8. The molecule has 0 amide bonds. The van der Waals surface area contributed by atoms with Crippen molar-refractivity contribution < 1.29 is 0 Å². The van der Waals surface area contributed by atoms with E-state index in [1.54, 1.807) is 11.3 Å². The van der Waals surface area contributed by atoms with E-state index in [0.29, 0.717) is 0 Å². The first kappa shape index (κ1) is 10.4. The van der Waals surface area contributed by atoms with Crippen molar-refractivity contribution >= 4 is 11.3 Å². The number of thiazole rings is 1. The molecule has 0 saturated carbocycles. The van der Waals surface area contributed by atoms with E-state index in [9.17, 15) is 0 Å². The van der Waals surface area contributed by atoms with Gasteiger partial charge in [0.25, 0.3) is 0 Å². The fourth-order valence-corrected chi connectivity index (χ4v) is 2.38. The maximum atomic E-state index is 4.36. The minimum Gasteiger partial charge on any atom is -0.330 e. The summed E-state index contributed by atoms with van der Waals surface area (Å²) in [4.78, 5) is 9.91. The van der Waals surface area contributed by atoms with Crippen molar-refractivity contribution in [3.8, 4) is 0 Å². The molecule has 0 aromatic carbocycles. The summed E-state index contributed by atoms with van der Waals surface area (Å²) in [5.41, 5.74) is 0. The number of imidazole rings is 1. The van der Waals surface area contributed by atoms with Crippen LogP contribution in [0.4, 0.5) is 0 Å². The zero-order valence-corrected chi connectivity index (χ0v) is 9.92. The molecule has 4 heteroatoms. The second-order valence-corrected chi connectivity index (χ2v) is 4.89. The summed E-state index contributed by atoms with van der Waals surface area (Å²) in [5, 5.41) is 1.13. The Bertz CT molecular complexity index is 430. The summed E-state index contributed by atoms with van der Waals surface area (Å²) in [6, 6.07) is 0. The first-order valence-corrected chi connectivity index (χ1v) is 6.02. The van der Waals surface area contributed by atoms with Gasteiger partial charge in [0.2, 0.25) is 0 Å². The molecule has 0 atom stereocenters. The number of hydrogen-bond donors (Lipinski definition) is 0. The highest BCUT2D eigenvalue weighted by molar-refractivity contribution is 7.11. The summed E-state index contributed by atoms with van der Waals surface area (Å²) in [6.07, 6.45) is 8.05. The van der Waals surface area contributed by atoms with Crippen LogP contribution in [0.25, 0.3) is 0 Å². The fraction of sp³-hybridized carbons (Fsp3) is 0.455. The predicted octanol–water partition coefficient (Wildman–Crippen LogP) is 2.65. The van der Waals surface area contributed by atoms with E-state index < -0.39 is 0 Å². The zero-order valence-electron chi connectivity index (χ0n) is 9.10. The van der Waals surface area contributed by atoms with Gasteiger partial charge in [-0.1, -0.05) is 6.92 Å². The van der Waals surface area contributed by atoms with E-state index in [0.717, 1.165) is 24.4 Å². The molecule has 2 heterocycles. The topological polar surface area (TPSA) is 30.7 Å². The Hall–Kier alpha value is -1.16. The van der Waals surface area contributed by atoms with Gasteiger partial charge in [0.05, 0.1) is 11.6 Å². The Labute approximate surface area is 93.8 Å². The highest BCUT2D eigenvalue weighted by Crippen LogP contribution is 2.14. The molecule has 3 nitrogen and oxygen atoms in total. The van der Waals surface area contributed by atoms with Gasteiger partial charge in [0.15, 0.2) is 0 Å². The Kier molecular flexibility index (Phi) is 3.16. The van der Waals surface area contributed by atoms with Crippen LogP contribution in [0.5, 0.6) is 0 Å². The standard InChI is InChI=1S/C11H15N3S/c1-3-4-11-12-5-6-14(11)8-10-7-13-9(2)15-10/h5-7H,3-4,8H2,1-2H3. The van der Waals surface area contributed by atoms with E-state index >= 15 is 0 Å². The lowest BCUT2D eigenvalue weighted by molar-refractivity contribution is 0.710. The smallest absolute Gasteiger partial charge is 0.108 e. The average molecular weight is 221 g/mol. The molecule has 2 rings (SSSR count). The Morgan fingerprint density at radius 1 is 1.40 bits per heavy atom. The molecular formula is C11H15N3S. The van der Waals surface area contributed by atoms with Crippen LogP contribution in [0.2, 0.25) is 0 Å². The molecule has 0 saturated heterocycles. The van der Waals surface area contributed by atoms with Crippen LogP contribution in [0, 0.1) is 6.92 Å². The maximum absolute atomic E-state index is 4.36. The monoisotopic (exact) mass is 221 g/mol. The second kappa shape index (κ2) is 4.57. The van der Waals surface area contributed by atoms with Gasteiger partial charge in [0, 0.05) is 29.9 Å². The largest absolute Gasteiger partial charge is 0.330 e. The van der Waals surface area contributed by atoms with E-state index in [2.05, 4.69) is 21.5 Å². The number of rotatable bonds is 4. The van der Waals surface area contributed by atoms with Crippen LogP contribution in [0.3, 0.4) is 0 Å². The summed E-state index contributed by atoms with van der Waals surface area (Å²) >= 11 is 1.75. The quantitative estimate of drug-likeness (QED) is 0.794. The Morgan fingerprint density at radius 3 is 2.93 bits per heavy atom. The molecule has 0 aliphatic carbocycles. The van der Waals surface area contributed by atoms with Crippen molar-refractivity contribution in [2.75, 3.05) is 0 Å². The summed E-state index contributed by atoms with van der Waals surface area (Å²) in [6.45, 7) is 5.12. The number of aryl methyl sites for hydroxylation is 2. The molecule has 0 spiro atoms. The van der Waals surface area contributed by atoms with Gasteiger partial charge in [-0.3, -0.25) is 0 Å². The zero-order chi connectivity index (χ0) is 10.7. The summed E-state index contributed by atoms with van der Waals surface area (Å²) < 4.78 is 2.20. The minimum atomic E-state index is 0.904. The Balaban J connectivity index is 2.13. The number of aromatic nitrogens is 3. The van der Waals surface area contributed by atoms with Crippen molar-refractivity contribution in [1.29, 1.82) is 0 Å². The van der Waals surface area contributed by atoms with E-state index in [1.807, 2.05) is 25.5 Å². The third kappa shape index (κ3) is 2.45. The van der Waals surface area contributed by atoms with Crippen molar-refractivity contribution in [3.63, 3.8) is 0 Å². The van der Waals surface area contributed by atoms with E-state index in [1.165, 1.54) is 10.7 Å². The lowest BCUT2D eigenvalue weighted by Gasteiger charge is -2.04. The Morgan fingerprint density at radius 2 is 2.27 bits per heavy atom. The molecule has 0 N–H and O–H groups in total. The first-order chi connectivity index (χ1) is 7.29. The van der Waals surface area contributed by atoms with Gasteiger partial charge in [0.1, 0.15) is 5.82 Å². The molecule has 2 aromatic heterocycles. The highest BCUT2D eigenvalue weighted by atomic mass is 32.1. The molecule has 0 fully saturated rings. The van der Waals surface area contributed by atoms with Gasteiger partial charge < -0.3 is 4.57 Å². The second-order valence-electron chi connectivity index (χ2n) is 3.57. The van der Waals surface area contributed by atoms with Gasteiger partial charge >= 0.3 is 0 Å². The average Bonchev–Trinajstić information content (AvgIpc) is 2.78. The van der Waals surface area contributed by atoms with E-state index in [4.69, 9.17) is 0 Å². The van der Waals surface area contributed by atoms with Crippen LogP contribution in [0.15, 0.2) is 18.6 Å². The maximum Gasteiger partial charge on any atom is 0.108 e. The lowest BCUT2D eigenvalue weighted by Crippen LogP contribution is -2.02. The third-order valence-corrected chi connectivity index (χ3v) is 3.17. The fourth-order valence-electron chi connectivity index (χ4n) is 1.58. The van der Waals surface area contributed by atoms with Gasteiger partial charge in [-0.15, -0.1) is 11.3 Å². The van der Waals surface area contributed by atoms with Gasteiger partial charge in [-0.2, -0.15) is 0 Å². The first-order valence-electron chi connectivity index (χ1n) is 5.21. The summed E-state index contributed by atoms with van der Waals surface area (Å²) in [5.74, 6) is 1.17. The molecule has 0 aliphatic heterocycles. The van der Waals surface area contributed by atoms with Crippen LogP contribution < -0.4 is 0 Å². The van der Waals surface area contributed by atoms with Crippen molar-refractivity contribution in [2.45, 2.75) is 33.2 Å². The SMILES string of the molecule is CCCc1nccn1Cc1cnc(C)s1. The van der Waals surface area contributed by atoms with Gasteiger partial charge in [-0.25, -0.2) is 9.97 Å². The molecule has 0 unspecified atom stereocenters. The molecule has 0 bridgehead atoms. The van der Waals surface area contributed by atoms with Crippen LogP contribution in [-0.4, -0.2) is 14.5 Å². The van der Waals surface area contributed by atoms with E-state index in [-0.39, 0.29) is 0 Å². The van der Waals surface area contributed by atoms with Crippen molar-refractivity contribution in [3.05, 3.63) is 34.3 Å². The van der Waals surface area contributed by atoms with Crippen molar-refractivity contribution in [1.82, 2.24) is 14.5 Å². The summed E-state index contributed by atoms with van der Waals surface area (Å²) in [7, 11) is 0. The predicted molar refractivity (Wildman–Crippen MR) is 62.2 cm³/mol. The molecule has 80 valence electrons.